The number of allylic oxidation sites excluding steroid dienone is 2. The van der Waals surface area contributed by atoms with Crippen LogP contribution in [0.1, 0.15) is 27.8 Å². The second kappa shape index (κ2) is 10.1. The lowest BCUT2D eigenvalue weighted by atomic mass is 9.79. The fraction of sp³-hybridized carbons (Fsp3) is 0.0417. The van der Waals surface area contributed by atoms with E-state index in [0.717, 1.165) is 83.4 Å². The van der Waals surface area contributed by atoms with Crippen molar-refractivity contribution in [2.24, 2.45) is 4.99 Å². The van der Waals surface area contributed by atoms with Gasteiger partial charge in [0, 0.05) is 78.7 Å². The van der Waals surface area contributed by atoms with E-state index < -0.39 is 11.3 Å². The van der Waals surface area contributed by atoms with E-state index in [1.165, 1.54) is 0 Å². The normalized spacial score (nSPS) is 21.1. The molecule has 2 aromatic heterocycles. The number of anilines is 3. The summed E-state index contributed by atoms with van der Waals surface area (Å²) >= 11 is 0. The summed E-state index contributed by atoms with van der Waals surface area (Å²) in [7, 11) is 0. The molecule has 2 atom stereocenters. The van der Waals surface area contributed by atoms with Crippen LogP contribution >= 0.6 is 0 Å². The van der Waals surface area contributed by atoms with Crippen molar-refractivity contribution in [1.29, 1.82) is 0 Å². The third-order valence-corrected chi connectivity index (χ3v) is 12.3. The number of nitrogens with one attached hydrogen (secondary N) is 3. The van der Waals surface area contributed by atoms with Crippen molar-refractivity contribution in [3.63, 3.8) is 0 Å². The highest BCUT2D eigenvalue weighted by Crippen LogP contribution is 2.55. The SMILES string of the molecule is O=C1C(c2ccc3cccc4c3c2NC2(N4)c3ccccc3-c3ncccc32)=C(O)C1=c1ccc2cccc3c2c1=NC1(N3)c2ccccc2-c2ncccc21. The van der Waals surface area contributed by atoms with Gasteiger partial charge in [-0.05, 0) is 35.0 Å². The molecule has 0 saturated heterocycles. The molecule has 0 radical (unpaired) electrons. The smallest absolute Gasteiger partial charge is 0.201 e. The van der Waals surface area contributed by atoms with E-state index >= 15 is 0 Å². The van der Waals surface area contributed by atoms with Crippen LogP contribution in [0.2, 0.25) is 0 Å². The monoisotopic (exact) mass is 720 g/mol. The maximum Gasteiger partial charge on any atom is 0.201 e. The number of aliphatic hydroxyl groups excluding tert-OH is 1. The number of benzene rings is 6. The molecule has 2 spiro atoms. The highest BCUT2D eigenvalue weighted by molar-refractivity contribution is 6.52. The molecule has 6 aromatic carbocycles. The largest absolute Gasteiger partial charge is 0.506 e. The fourth-order valence-corrected chi connectivity index (χ4v) is 9.99. The molecular weight excluding hydrogens is 693 g/mol. The van der Waals surface area contributed by atoms with E-state index in [-0.39, 0.29) is 22.7 Å². The van der Waals surface area contributed by atoms with Crippen LogP contribution < -0.4 is 26.5 Å². The molecule has 4 N–H and O–H groups in total. The Hall–Kier alpha value is -7.58. The third-order valence-electron chi connectivity index (χ3n) is 12.3. The van der Waals surface area contributed by atoms with E-state index in [1.807, 2.05) is 85.2 Å². The summed E-state index contributed by atoms with van der Waals surface area (Å²) in [5.41, 5.74) is 9.74. The molecule has 0 fully saturated rings. The molecule has 0 bridgehead atoms. The van der Waals surface area contributed by atoms with Gasteiger partial charge in [0.05, 0.1) is 33.6 Å². The molecule has 262 valence electrons. The first-order chi connectivity index (χ1) is 27.6. The van der Waals surface area contributed by atoms with Gasteiger partial charge in [-0.15, -0.1) is 0 Å². The van der Waals surface area contributed by atoms with Gasteiger partial charge in [-0.3, -0.25) is 14.8 Å². The molecule has 5 aliphatic rings. The number of carbonyl (C=O) groups is 1. The van der Waals surface area contributed by atoms with Crippen molar-refractivity contribution in [1.82, 2.24) is 9.97 Å². The van der Waals surface area contributed by atoms with E-state index in [4.69, 9.17) is 15.0 Å². The van der Waals surface area contributed by atoms with Crippen LogP contribution in [0.25, 0.3) is 55.2 Å². The van der Waals surface area contributed by atoms with Gasteiger partial charge >= 0.3 is 0 Å². The number of nitrogens with zero attached hydrogens (tertiary/aromatic N) is 3. The van der Waals surface area contributed by atoms with Crippen LogP contribution in [0.5, 0.6) is 0 Å². The van der Waals surface area contributed by atoms with Gasteiger partial charge < -0.3 is 21.1 Å². The summed E-state index contributed by atoms with van der Waals surface area (Å²) in [5.74, 6) is -0.278. The second-order valence-corrected chi connectivity index (χ2v) is 15.0. The van der Waals surface area contributed by atoms with Gasteiger partial charge in [-0.2, -0.15) is 0 Å². The van der Waals surface area contributed by atoms with Gasteiger partial charge in [0.25, 0.3) is 0 Å². The van der Waals surface area contributed by atoms with Crippen molar-refractivity contribution in [2.45, 2.75) is 11.3 Å². The highest BCUT2D eigenvalue weighted by atomic mass is 16.3. The van der Waals surface area contributed by atoms with E-state index in [2.05, 4.69) is 76.6 Å². The minimum atomic E-state index is -0.972. The number of ketones is 1. The molecule has 0 amide bonds. The standard InChI is InChI=1S/C48H28N6O2/c55-45-39(29-21-19-25-9-5-17-35-37(25)43(29)53-47(51-35)31-13-3-1-11-27(31)41-33(47)15-7-23-49-41)46(56)40(45)30-22-20-26-10-6-18-36-38(26)44(30)54-48(52-36)32-14-4-2-12-28(32)42-34(48)16-8-24-50-42/h1-24,51-53,55H. The van der Waals surface area contributed by atoms with Crippen molar-refractivity contribution in [2.75, 3.05) is 16.0 Å². The average molecular weight is 721 g/mol. The van der Waals surface area contributed by atoms with Crippen molar-refractivity contribution in [3.8, 4) is 22.5 Å². The molecule has 13 rings (SSSR count). The predicted molar refractivity (Wildman–Crippen MR) is 218 cm³/mol. The van der Waals surface area contributed by atoms with Gasteiger partial charge in [0.2, 0.25) is 5.78 Å². The molecule has 8 heteroatoms. The number of Topliss-reactive ketones (excluding diaryl/α,β-unsaturated/α-hetero) is 1. The lowest BCUT2D eigenvalue weighted by Gasteiger charge is -2.41. The van der Waals surface area contributed by atoms with Crippen molar-refractivity contribution >= 4 is 55.5 Å². The van der Waals surface area contributed by atoms with Gasteiger partial charge in [-0.1, -0.05) is 109 Å². The first-order valence-corrected chi connectivity index (χ1v) is 18.7. The van der Waals surface area contributed by atoms with Gasteiger partial charge in [0.15, 0.2) is 11.3 Å². The Bertz CT molecular complexity index is 3260. The number of aliphatic hydroxyl groups is 1. The topological polar surface area (TPSA) is 112 Å². The van der Waals surface area contributed by atoms with Gasteiger partial charge in [0.1, 0.15) is 5.76 Å². The van der Waals surface area contributed by atoms with Crippen LogP contribution in [-0.2, 0) is 16.1 Å². The lowest BCUT2D eigenvalue weighted by Crippen LogP contribution is -2.45. The molecule has 2 unspecified atom stereocenters. The molecular formula is C48H28N6O2. The molecule has 3 aliphatic carbocycles. The summed E-state index contributed by atoms with van der Waals surface area (Å²) in [6.45, 7) is 0. The summed E-state index contributed by atoms with van der Waals surface area (Å²) < 4.78 is 0. The Morgan fingerprint density at radius 1 is 0.518 bits per heavy atom. The van der Waals surface area contributed by atoms with Crippen molar-refractivity contribution < 1.29 is 9.90 Å². The van der Waals surface area contributed by atoms with Crippen LogP contribution in [-0.4, -0.2) is 20.9 Å². The summed E-state index contributed by atoms with van der Waals surface area (Å²) in [6.07, 6.45) is 3.63. The average Bonchev–Trinajstić information content (AvgIpc) is 3.66. The molecule has 8 aromatic rings. The number of fused-ring (bicyclic) bond motifs is 10. The minimum absolute atomic E-state index is 0.0453. The minimum Gasteiger partial charge on any atom is -0.506 e. The number of hydrogen-bond acceptors (Lipinski definition) is 8. The lowest BCUT2D eigenvalue weighted by molar-refractivity contribution is -0.109. The summed E-state index contributed by atoms with van der Waals surface area (Å²) in [4.78, 5) is 30.0. The Morgan fingerprint density at radius 2 is 1.16 bits per heavy atom. The van der Waals surface area contributed by atoms with Gasteiger partial charge in [-0.25, -0.2) is 4.99 Å². The van der Waals surface area contributed by atoms with Crippen molar-refractivity contribution in [3.05, 3.63) is 190 Å². The Morgan fingerprint density at radius 3 is 1.95 bits per heavy atom. The van der Waals surface area contributed by atoms with Crippen LogP contribution in [0.4, 0.5) is 17.1 Å². The third kappa shape index (κ3) is 3.46. The van der Waals surface area contributed by atoms with E-state index in [1.54, 1.807) is 0 Å². The number of carbonyl (C=O) groups excluding carboxylic acids is 1. The zero-order valence-corrected chi connectivity index (χ0v) is 29.6. The number of pyridine rings is 2. The van der Waals surface area contributed by atoms with E-state index in [9.17, 15) is 9.90 Å². The van der Waals surface area contributed by atoms with Crippen LogP contribution in [0, 0.1) is 0 Å². The van der Waals surface area contributed by atoms with Crippen LogP contribution in [0.15, 0.2) is 157 Å². The number of hydrogen-bond donors (Lipinski definition) is 4. The Balaban J connectivity index is 1.06. The number of rotatable bonds is 1. The summed E-state index contributed by atoms with van der Waals surface area (Å²) in [5, 5.41) is 28.9. The fourth-order valence-electron chi connectivity index (χ4n) is 9.99. The first-order valence-electron chi connectivity index (χ1n) is 18.7. The second-order valence-electron chi connectivity index (χ2n) is 15.0. The Labute approximate surface area is 319 Å². The number of aromatic nitrogens is 2. The maximum absolute atomic E-state index is 14.8. The molecule has 2 aliphatic heterocycles. The first kappa shape index (κ1) is 29.8. The zero-order valence-electron chi connectivity index (χ0n) is 29.6. The maximum atomic E-state index is 14.8. The van der Waals surface area contributed by atoms with E-state index in [0.29, 0.717) is 16.1 Å². The Kier molecular flexibility index (Phi) is 5.40. The van der Waals surface area contributed by atoms with Crippen LogP contribution in [0.3, 0.4) is 0 Å². The molecule has 0 saturated carbocycles. The predicted octanol–water partition coefficient (Wildman–Crippen LogP) is 8.13. The summed E-state index contributed by atoms with van der Waals surface area (Å²) in [6, 6.07) is 44.7. The molecule has 8 nitrogen and oxygen atoms in total. The zero-order chi connectivity index (χ0) is 36.9. The highest BCUT2D eigenvalue weighted by Gasteiger charge is 2.49. The quantitative estimate of drug-likeness (QED) is 0.136. The molecule has 56 heavy (non-hydrogen) atoms. The molecule has 4 heterocycles.